The van der Waals surface area contributed by atoms with Crippen molar-refractivity contribution in [1.82, 2.24) is 4.90 Å². The first-order valence-electron chi connectivity index (χ1n) is 10.9. The number of hydrogen-bond donors (Lipinski definition) is 0. The quantitative estimate of drug-likeness (QED) is 0.697. The Morgan fingerprint density at radius 3 is 2.10 bits per heavy atom. The lowest BCUT2D eigenvalue weighted by Crippen LogP contribution is -2.47. The van der Waals surface area contributed by atoms with Crippen LogP contribution in [0.1, 0.15) is 41.7 Å². The molecule has 0 saturated carbocycles. The molecular weight excluding hydrogens is 388 g/mol. The molecule has 31 heavy (non-hydrogen) atoms. The van der Waals surface area contributed by atoms with E-state index in [0.29, 0.717) is 30.0 Å². The second-order valence-electron chi connectivity index (χ2n) is 8.92. The number of nitrogens with zero attached hydrogens (tertiary/aromatic N) is 2. The smallest absolute Gasteiger partial charge is 0.282 e. The molecule has 0 aromatic heterocycles. The van der Waals surface area contributed by atoms with Crippen molar-refractivity contribution in [3.8, 4) is 0 Å². The number of ether oxygens (including phenoxy) is 1. The van der Waals surface area contributed by atoms with E-state index in [-0.39, 0.29) is 24.0 Å². The molecule has 0 aliphatic carbocycles. The Morgan fingerprint density at radius 1 is 0.806 bits per heavy atom. The predicted molar refractivity (Wildman–Crippen MR) is 123 cm³/mol. The number of imide groups is 1. The Morgan fingerprint density at radius 2 is 1.48 bits per heavy atom. The molecule has 2 aromatic carbocycles. The van der Waals surface area contributed by atoms with Gasteiger partial charge in [-0.05, 0) is 69.9 Å². The molecule has 2 aromatic rings. The van der Waals surface area contributed by atoms with Gasteiger partial charge in [0.25, 0.3) is 11.8 Å². The Kier molecular flexibility index (Phi) is 5.48. The maximum atomic E-state index is 13.8. The van der Waals surface area contributed by atoms with Crippen molar-refractivity contribution in [2.75, 3.05) is 18.0 Å². The first-order valence-corrected chi connectivity index (χ1v) is 10.9. The van der Waals surface area contributed by atoms with Gasteiger partial charge in [-0.25, -0.2) is 4.90 Å². The van der Waals surface area contributed by atoms with Crippen LogP contribution in [-0.2, 0) is 14.3 Å². The molecule has 2 aliphatic rings. The van der Waals surface area contributed by atoms with Gasteiger partial charge >= 0.3 is 0 Å². The van der Waals surface area contributed by atoms with Crippen LogP contribution in [0.25, 0.3) is 5.57 Å². The summed E-state index contributed by atoms with van der Waals surface area (Å²) in [6, 6.07) is 11.8. The minimum atomic E-state index is -0.262. The van der Waals surface area contributed by atoms with Gasteiger partial charge in [-0.15, -0.1) is 0 Å². The van der Waals surface area contributed by atoms with E-state index in [1.807, 2.05) is 82.8 Å². The molecule has 2 unspecified atom stereocenters. The fourth-order valence-corrected chi connectivity index (χ4v) is 4.60. The zero-order valence-electron chi connectivity index (χ0n) is 19.2. The first-order chi connectivity index (χ1) is 14.7. The number of morpholine rings is 1. The van der Waals surface area contributed by atoms with Crippen molar-refractivity contribution in [3.05, 3.63) is 69.9 Å². The highest BCUT2D eigenvalue weighted by Gasteiger charge is 2.44. The number of aryl methyl sites for hydroxylation is 4. The lowest BCUT2D eigenvalue weighted by molar-refractivity contribution is -0.121. The summed E-state index contributed by atoms with van der Waals surface area (Å²) in [6.45, 7) is 13.2. The molecule has 2 heterocycles. The van der Waals surface area contributed by atoms with Crippen molar-refractivity contribution in [3.63, 3.8) is 0 Å². The fraction of sp³-hybridized carbons (Fsp3) is 0.385. The summed E-state index contributed by atoms with van der Waals surface area (Å²) in [5, 5.41) is 0. The van der Waals surface area contributed by atoms with Gasteiger partial charge in [-0.2, -0.15) is 0 Å². The highest BCUT2D eigenvalue weighted by molar-refractivity contribution is 6.45. The largest absolute Gasteiger partial charge is 0.372 e. The zero-order chi connectivity index (χ0) is 22.4. The molecule has 1 fully saturated rings. The molecule has 5 heteroatoms. The zero-order valence-corrected chi connectivity index (χ0v) is 19.2. The van der Waals surface area contributed by atoms with Gasteiger partial charge in [-0.1, -0.05) is 35.9 Å². The third kappa shape index (κ3) is 3.79. The third-order valence-electron chi connectivity index (χ3n) is 6.18. The topological polar surface area (TPSA) is 49.9 Å². The molecule has 2 atom stereocenters. The Bertz CT molecular complexity index is 1090. The second kappa shape index (κ2) is 7.97. The minimum absolute atomic E-state index is 0.0182. The maximum Gasteiger partial charge on any atom is 0.282 e. The van der Waals surface area contributed by atoms with Crippen LogP contribution in [0.3, 0.4) is 0 Å². The van der Waals surface area contributed by atoms with E-state index in [9.17, 15) is 9.59 Å². The van der Waals surface area contributed by atoms with Crippen LogP contribution in [0.4, 0.5) is 5.69 Å². The highest BCUT2D eigenvalue weighted by Crippen LogP contribution is 2.37. The summed E-state index contributed by atoms with van der Waals surface area (Å²) in [5.41, 5.74) is 6.65. The van der Waals surface area contributed by atoms with Crippen molar-refractivity contribution in [2.24, 2.45) is 0 Å². The second-order valence-corrected chi connectivity index (χ2v) is 8.92. The number of carbonyl (C=O) groups is 2. The standard InChI is InChI=1S/C26H30N2O3/c1-15-7-10-22(18(4)11-15)28-25(29)23(21-9-8-16(2)17(3)12-21)24(26(28)30)27-13-19(5)31-20(6)14-27/h7-12,19-20H,13-14H2,1-6H3. The predicted octanol–water partition coefficient (Wildman–Crippen LogP) is 4.31. The number of amides is 2. The van der Waals surface area contributed by atoms with Crippen LogP contribution in [0.2, 0.25) is 0 Å². The van der Waals surface area contributed by atoms with Gasteiger partial charge < -0.3 is 9.64 Å². The van der Waals surface area contributed by atoms with E-state index in [2.05, 4.69) is 0 Å². The van der Waals surface area contributed by atoms with E-state index < -0.39 is 0 Å². The van der Waals surface area contributed by atoms with Crippen LogP contribution in [0, 0.1) is 27.7 Å². The van der Waals surface area contributed by atoms with Crippen molar-refractivity contribution < 1.29 is 14.3 Å². The molecule has 0 spiro atoms. The van der Waals surface area contributed by atoms with Gasteiger partial charge in [-0.3, -0.25) is 9.59 Å². The summed E-state index contributed by atoms with van der Waals surface area (Å²) in [5.74, 6) is -0.520. The molecule has 2 amide bonds. The lowest BCUT2D eigenvalue weighted by atomic mass is 9.99. The molecule has 1 saturated heterocycles. The van der Waals surface area contributed by atoms with Crippen molar-refractivity contribution in [1.29, 1.82) is 0 Å². The summed E-state index contributed by atoms with van der Waals surface area (Å²) in [6.07, 6.45) is -0.0365. The maximum absolute atomic E-state index is 13.8. The number of benzene rings is 2. The van der Waals surface area contributed by atoms with Crippen molar-refractivity contribution >= 4 is 23.1 Å². The van der Waals surface area contributed by atoms with E-state index in [1.54, 1.807) is 0 Å². The monoisotopic (exact) mass is 418 g/mol. The van der Waals surface area contributed by atoms with Gasteiger partial charge in [0.15, 0.2) is 0 Å². The summed E-state index contributed by atoms with van der Waals surface area (Å²) in [7, 11) is 0. The van der Waals surface area contributed by atoms with E-state index in [1.165, 1.54) is 4.90 Å². The molecule has 2 aliphatic heterocycles. The van der Waals surface area contributed by atoms with Crippen LogP contribution in [0.5, 0.6) is 0 Å². The Labute approximate surface area is 184 Å². The molecular formula is C26H30N2O3. The molecule has 4 rings (SSSR count). The summed E-state index contributed by atoms with van der Waals surface area (Å²) < 4.78 is 5.88. The molecule has 5 nitrogen and oxygen atoms in total. The van der Waals surface area contributed by atoms with Crippen LogP contribution in [-0.4, -0.2) is 42.0 Å². The molecule has 0 N–H and O–H groups in total. The van der Waals surface area contributed by atoms with E-state index >= 15 is 0 Å². The fourth-order valence-electron chi connectivity index (χ4n) is 4.60. The van der Waals surface area contributed by atoms with Gasteiger partial charge in [0.2, 0.25) is 0 Å². The normalized spacial score (nSPS) is 22.0. The highest BCUT2D eigenvalue weighted by atomic mass is 16.5. The van der Waals surface area contributed by atoms with Crippen LogP contribution in [0.15, 0.2) is 42.1 Å². The summed E-state index contributed by atoms with van der Waals surface area (Å²) >= 11 is 0. The summed E-state index contributed by atoms with van der Waals surface area (Å²) in [4.78, 5) is 30.9. The third-order valence-corrected chi connectivity index (χ3v) is 6.18. The van der Waals surface area contributed by atoms with Crippen LogP contribution < -0.4 is 4.90 Å². The number of anilines is 1. The van der Waals surface area contributed by atoms with E-state index in [4.69, 9.17) is 4.74 Å². The molecule has 0 radical (unpaired) electrons. The van der Waals surface area contributed by atoms with Gasteiger partial charge in [0, 0.05) is 13.1 Å². The number of rotatable bonds is 3. The Hall–Kier alpha value is -2.92. The average Bonchev–Trinajstić information content (AvgIpc) is 2.94. The SMILES string of the molecule is Cc1ccc(N2C(=O)C(c3ccc(C)c(C)c3)=C(N3CC(C)OC(C)C3)C2=O)c(C)c1. The van der Waals surface area contributed by atoms with Gasteiger partial charge in [0.05, 0.1) is 23.5 Å². The van der Waals surface area contributed by atoms with Crippen molar-refractivity contribution in [2.45, 2.75) is 53.8 Å². The first kappa shape index (κ1) is 21.3. The molecule has 0 bridgehead atoms. The van der Waals surface area contributed by atoms with Crippen LogP contribution >= 0.6 is 0 Å². The van der Waals surface area contributed by atoms with E-state index in [0.717, 1.165) is 27.8 Å². The lowest BCUT2D eigenvalue weighted by Gasteiger charge is -2.37. The van der Waals surface area contributed by atoms with Gasteiger partial charge in [0.1, 0.15) is 5.70 Å². The Balaban J connectivity index is 1.87. The minimum Gasteiger partial charge on any atom is -0.372 e. The average molecular weight is 419 g/mol. The number of hydrogen-bond acceptors (Lipinski definition) is 4. The number of carbonyl (C=O) groups excluding carboxylic acids is 2. The molecule has 162 valence electrons.